The summed E-state index contributed by atoms with van der Waals surface area (Å²) >= 11 is 9.83. The highest BCUT2D eigenvalue weighted by Gasteiger charge is 2.13. The van der Waals surface area contributed by atoms with Crippen LogP contribution in [0.3, 0.4) is 0 Å². The average Bonchev–Trinajstić information content (AvgIpc) is 2.64. The molecule has 1 N–H and O–H groups in total. The number of nitrogens with one attached hydrogen (secondary N) is 1. The summed E-state index contributed by atoms with van der Waals surface area (Å²) in [5.41, 5.74) is 0.976. The molecule has 1 rings (SSSR count). The molecule has 0 radical (unpaired) electrons. The summed E-state index contributed by atoms with van der Waals surface area (Å²) in [6.07, 6.45) is 4.74. The van der Waals surface area contributed by atoms with Gasteiger partial charge >= 0.3 is 0 Å². The van der Waals surface area contributed by atoms with Crippen LogP contribution in [0.4, 0.5) is 0 Å². The molecule has 0 atom stereocenters. The van der Waals surface area contributed by atoms with E-state index in [4.69, 9.17) is 11.6 Å². The first-order valence-electron chi connectivity index (χ1n) is 5.74. The van der Waals surface area contributed by atoms with Gasteiger partial charge in [0.25, 0.3) is 5.91 Å². The Morgan fingerprint density at radius 2 is 2.12 bits per heavy atom. The van der Waals surface area contributed by atoms with Gasteiger partial charge < -0.3 is 5.32 Å². The third kappa shape index (κ3) is 5.14. The summed E-state index contributed by atoms with van der Waals surface area (Å²) in [6, 6.07) is 0. The van der Waals surface area contributed by atoms with E-state index in [1.54, 1.807) is 0 Å². The molecule has 2 nitrogen and oxygen atoms in total. The van der Waals surface area contributed by atoms with Crippen LogP contribution in [0.15, 0.2) is 5.38 Å². The lowest BCUT2D eigenvalue weighted by Gasteiger charge is -2.03. The first-order valence-corrected chi connectivity index (χ1v) is 8.53. The molecule has 0 saturated carbocycles. The summed E-state index contributed by atoms with van der Waals surface area (Å²) in [7, 11) is 0. The Morgan fingerprint density at radius 3 is 2.71 bits per heavy atom. The van der Waals surface area contributed by atoms with Crippen molar-refractivity contribution in [3.05, 3.63) is 20.8 Å². The van der Waals surface area contributed by atoms with Crippen molar-refractivity contribution in [1.29, 1.82) is 0 Å². The van der Waals surface area contributed by atoms with Gasteiger partial charge in [0.05, 0.1) is 5.02 Å². The SMILES string of the molecule is Cc1csc(C(=O)NCCCCCCI)c1Cl. The van der Waals surface area contributed by atoms with Crippen molar-refractivity contribution in [1.82, 2.24) is 5.32 Å². The lowest BCUT2D eigenvalue weighted by molar-refractivity contribution is 0.0957. The fraction of sp³-hybridized carbons (Fsp3) is 0.583. The van der Waals surface area contributed by atoms with Crippen molar-refractivity contribution in [3.8, 4) is 0 Å². The summed E-state index contributed by atoms with van der Waals surface area (Å²) in [6.45, 7) is 2.66. The van der Waals surface area contributed by atoms with E-state index in [9.17, 15) is 4.79 Å². The second kappa shape index (κ2) is 8.32. The van der Waals surface area contributed by atoms with Gasteiger partial charge in [-0.2, -0.15) is 0 Å². The molecule has 0 fully saturated rings. The van der Waals surface area contributed by atoms with Crippen LogP contribution in [-0.2, 0) is 0 Å². The van der Waals surface area contributed by atoms with Gasteiger partial charge in [-0.15, -0.1) is 11.3 Å². The van der Waals surface area contributed by atoms with Gasteiger partial charge in [-0.3, -0.25) is 4.79 Å². The van der Waals surface area contributed by atoms with E-state index < -0.39 is 0 Å². The van der Waals surface area contributed by atoms with Crippen molar-refractivity contribution in [3.63, 3.8) is 0 Å². The van der Waals surface area contributed by atoms with Gasteiger partial charge in [0.1, 0.15) is 4.88 Å². The van der Waals surface area contributed by atoms with Crippen molar-refractivity contribution >= 4 is 51.4 Å². The Balaban J connectivity index is 2.24. The van der Waals surface area contributed by atoms with E-state index in [1.807, 2.05) is 12.3 Å². The largest absolute Gasteiger partial charge is 0.351 e. The second-order valence-electron chi connectivity index (χ2n) is 3.92. The van der Waals surface area contributed by atoms with E-state index in [2.05, 4.69) is 27.9 Å². The molecule has 0 unspecified atom stereocenters. The lowest BCUT2D eigenvalue weighted by atomic mass is 10.2. The second-order valence-corrected chi connectivity index (χ2v) is 6.26. The van der Waals surface area contributed by atoms with E-state index in [1.165, 1.54) is 35.0 Å². The number of halogens is 2. The average molecular weight is 386 g/mol. The Morgan fingerprint density at radius 1 is 1.41 bits per heavy atom. The van der Waals surface area contributed by atoms with Gasteiger partial charge in [0, 0.05) is 6.54 Å². The highest BCUT2D eigenvalue weighted by Crippen LogP contribution is 2.26. The number of carbonyl (C=O) groups is 1. The molecule has 17 heavy (non-hydrogen) atoms. The first-order chi connectivity index (χ1) is 8.16. The minimum absolute atomic E-state index is 0.0398. The minimum Gasteiger partial charge on any atom is -0.351 e. The smallest absolute Gasteiger partial charge is 0.262 e. The Hall–Kier alpha value is 0.190. The Labute approximate surface area is 125 Å². The van der Waals surface area contributed by atoms with Crippen LogP contribution < -0.4 is 5.32 Å². The summed E-state index contributed by atoms with van der Waals surface area (Å²) < 4.78 is 1.22. The molecule has 0 aliphatic carbocycles. The molecule has 0 aliphatic rings. The van der Waals surface area contributed by atoms with Gasteiger partial charge in [0.15, 0.2) is 0 Å². The molecular formula is C12H17ClINOS. The Bertz CT molecular complexity index is 367. The maximum Gasteiger partial charge on any atom is 0.262 e. The first kappa shape index (κ1) is 15.2. The lowest BCUT2D eigenvalue weighted by Crippen LogP contribution is -2.23. The molecule has 0 bridgehead atoms. The summed E-state index contributed by atoms with van der Waals surface area (Å²) in [4.78, 5) is 12.4. The molecule has 96 valence electrons. The fourth-order valence-electron chi connectivity index (χ4n) is 1.44. The topological polar surface area (TPSA) is 29.1 Å². The highest BCUT2D eigenvalue weighted by molar-refractivity contribution is 14.1. The molecule has 0 spiro atoms. The van der Waals surface area contributed by atoms with Gasteiger partial charge in [-0.05, 0) is 35.1 Å². The number of carbonyl (C=O) groups excluding carboxylic acids is 1. The van der Waals surface area contributed by atoms with Crippen molar-refractivity contribution < 1.29 is 4.79 Å². The standard InChI is InChI=1S/C12H17ClINOS/c1-9-8-17-11(10(9)13)12(16)15-7-5-3-2-4-6-14/h8H,2-7H2,1H3,(H,15,16). The zero-order chi connectivity index (χ0) is 12.7. The van der Waals surface area contributed by atoms with Gasteiger partial charge in [-0.1, -0.05) is 47.0 Å². The van der Waals surface area contributed by atoms with Crippen molar-refractivity contribution in [2.45, 2.75) is 32.6 Å². The van der Waals surface area contributed by atoms with Crippen molar-refractivity contribution in [2.24, 2.45) is 0 Å². The number of thiophene rings is 1. The molecule has 0 saturated heterocycles. The molecule has 1 heterocycles. The van der Waals surface area contributed by atoms with Crippen LogP contribution >= 0.6 is 45.5 Å². The van der Waals surface area contributed by atoms with E-state index in [0.717, 1.165) is 18.5 Å². The maximum absolute atomic E-state index is 11.8. The van der Waals surface area contributed by atoms with Crippen LogP contribution in [0.1, 0.15) is 40.9 Å². The number of alkyl halides is 1. The van der Waals surface area contributed by atoms with Gasteiger partial charge in [-0.25, -0.2) is 0 Å². The van der Waals surface area contributed by atoms with Crippen LogP contribution in [0, 0.1) is 6.92 Å². The molecule has 5 heteroatoms. The van der Waals surface area contributed by atoms with E-state index in [-0.39, 0.29) is 5.91 Å². The number of amides is 1. The van der Waals surface area contributed by atoms with Crippen LogP contribution in [-0.4, -0.2) is 16.9 Å². The fourth-order valence-corrected chi connectivity index (χ4v) is 3.17. The summed E-state index contributed by atoms with van der Waals surface area (Å²) in [5, 5.41) is 5.42. The van der Waals surface area contributed by atoms with E-state index >= 15 is 0 Å². The third-order valence-corrected chi connectivity index (χ3v) is 4.91. The third-order valence-electron chi connectivity index (χ3n) is 2.45. The number of aryl methyl sites for hydroxylation is 1. The zero-order valence-corrected chi connectivity index (χ0v) is 13.6. The normalized spacial score (nSPS) is 10.5. The predicted molar refractivity (Wildman–Crippen MR) is 83.8 cm³/mol. The number of unbranched alkanes of at least 4 members (excludes halogenated alkanes) is 3. The monoisotopic (exact) mass is 385 g/mol. The minimum atomic E-state index is -0.0398. The maximum atomic E-state index is 11.8. The molecule has 1 amide bonds. The highest BCUT2D eigenvalue weighted by atomic mass is 127. The van der Waals surface area contributed by atoms with Crippen LogP contribution in [0.2, 0.25) is 5.02 Å². The van der Waals surface area contributed by atoms with E-state index in [0.29, 0.717) is 9.90 Å². The predicted octanol–water partition coefficient (Wildman–Crippen LogP) is 4.44. The number of rotatable bonds is 7. The number of hydrogen-bond donors (Lipinski definition) is 1. The summed E-state index contributed by atoms with van der Waals surface area (Å²) in [5.74, 6) is -0.0398. The molecular weight excluding hydrogens is 369 g/mol. The molecule has 1 aromatic rings. The zero-order valence-electron chi connectivity index (χ0n) is 9.89. The molecule has 1 aromatic heterocycles. The Kier molecular flexibility index (Phi) is 7.46. The van der Waals surface area contributed by atoms with Crippen molar-refractivity contribution in [2.75, 3.05) is 11.0 Å². The van der Waals surface area contributed by atoms with Crippen LogP contribution in [0.5, 0.6) is 0 Å². The number of hydrogen-bond acceptors (Lipinski definition) is 2. The molecule has 0 aromatic carbocycles. The molecule has 0 aliphatic heterocycles. The quantitative estimate of drug-likeness (QED) is 0.420. The van der Waals surface area contributed by atoms with Gasteiger partial charge in [0.2, 0.25) is 0 Å². The van der Waals surface area contributed by atoms with Crippen LogP contribution in [0.25, 0.3) is 0 Å².